The van der Waals surface area contributed by atoms with Crippen LogP contribution in [-0.4, -0.2) is 72.4 Å². The molecule has 0 spiro atoms. The molecule has 5 rings (SSSR count). The fourth-order valence-corrected chi connectivity index (χ4v) is 5.87. The maximum absolute atomic E-state index is 13.3. The van der Waals surface area contributed by atoms with Crippen LogP contribution in [0.1, 0.15) is 27.6 Å². The lowest BCUT2D eigenvalue weighted by molar-refractivity contribution is -0.143. The van der Waals surface area contributed by atoms with Gasteiger partial charge in [-0.3, -0.25) is 14.5 Å². The van der Waals surface area contributed by atoms with E-state index in [9.17, 15) is 9.59 Å². The first-order valence-corrected chi connectivity index (χ1v) is 13.1. The Kier molecular flexibility index (Phi) is 7.57. The summed E-state index contributed by atoms with van der Waals surface area (Å²) < 4.78 is 5.61. The van der Waals surface area contributed by atoms with Crippen LogP contribution in [0.25, 0.3) is 0 Å². The van der Waals surface area contributed by atoms with Gasteiger partial charge >= 0.3 is 0 Å². The van der Waals surface area contributed by atoms with Crippen molar-refractivity contribution in [3.05, 3.63) is 93.7 Å². The van der Waals surface area contributed by atoms with Gasteiger partial charge in [0, 0.05) is 37.6 Å². The first kappa shape index (κ1) is 23.7. The Hall–Kier alpha value is -3.00. The number of hydrogen-bond acceptors (Lipinski definition) is 5. The van der Waals surface area contributed by atoms with Crippen LogP contribution < -0.4 is 0 Å². The highest BCUT2D eigenvalue weighted by Gasteiger charge is 2.32. The quantitative estimate of drug-likeness (QED) is 0.509. The van der Waals surface area contributed by atoms with Gasteiger partial charge in [-0.25, -0.2) is 0 Å². The molecule has 182 valence electrons. The van der Waals surface area contributed by atoms with Crippen molar-refractivity contribution >= 4 is 23.2 Å². The van der Waals surface area contributed by atoms with Gasteiger partial charge in [0.05, 0.1) is 19.2 Å². The topological polar surface area (TPSA) is 53.1 Å². The summed E-state index contributed by atoms with van der Waals surface area (Å²) in [6, 6.07) is 22.6. The van der Waals surface area contributed by atoms with E-state index in [1.165, 1.54) is 16.0 Å². The monoisotopic (exact) mass is 489 g/mol. The third-order valence-corrected chi connectivity index (χ3v) is 7.84. The van der Waals surface area contributed by atoms with E-state index in [2.05, 4.69) is 40.6 Å². The molecule has 2 aromatic carbocycles. The third-order valence-electron chi connectivity index (χ3n) is 6.84. The lowest BCUT2D eigenvalue weighted by Crippen LogP contribution is -2.53. The van der Waals surface area contributed by atoms with Gasteiger partial charge in [-0.05, 0) is 34.6 Å². The average molecular weight is 490 g/mol. The third kappa shape index (κ3) is 5.64. The molecule has 0 bridgehead atoms. The van der Waals surface area contributed by atoms with Crippen molar-refractivity contribution in [1.29, 1.82) is 0 Å². The second-order valence-electron chi connectivity index (χ2n) is 9.07. The molecule has 1 atom stereocenters. The molecule has 3 heterocycles. The second-order valence-corrected chi connectivity index (χ2v) is 10.1. The summed E-state index contributed by atoms with van der Waals surface area (Å²) in [6.45, 7) is 3.99. The molecule has 1 aromatic heterocycles. The Morgan fingerprint density at radius 3 is 2.20 bits per heavy atom. The van der Waals surface area contributed by atoms with Crippen LogP contribution in [0, 0.1) is 0 Å². The molecule has 1 fully saturated rings. The number of nitrogens with zero attached hydrogens (tertiary/aromatic N) is 3. The van der Waals surface area contributed by atoms with Crippen molar-refractivity contribution in [3.8, 4) is 0 Å². The molecule has 0 N–H and O–H groups in total. The van der Waals surface area contributed by atoms with Crippen LogP contribution in [-0.2, 0) is 27.4 Å². The van der Waals surface area contributed by atoms with E-state index in [1.807, 2.05) is 52.6 Å². The fraction of sp³-hybridized carbons (Fsp3) is 0.357. The number of amides is 2. The smallest absolute Gasteiger partial charge is 0.248 e. The summed E-state index contributed by atoms with van der Waals surface area (Å²) in [6.07, 6.45) is 0.981. The van der Waals surface area contributed by atoms with E-state index < -0.39 is 0 Å². The molecule has 2 aliphatic rings. The lowest BCUT2D eigenvalue weighted by atomic mass is 9.93. The molecule has 2 aliphatic heterocycles. The van der Waals surface area contributed by atoms with Gasteiger partial charge < -0.3 is 14.5 Å². The maximum Gasteiger partial charge on any atom is 0.248 e. The lowest BCUT2D eigenvalue weighted by Gasteiger charge is -2.39. The highest BCUT2D eigenvalue weighted by atomic mass is 32.1. The molecule has 0 aliphatic carbocycles. The van der Waals surface area contributed by atoms with Gasteiger partial charge in [0.2, 0.25) is 11.8 Å². The van der Waals surface area contributed by atoms with E-state index in [4.69, 9.17) is 4.74 Å². The molecular formula is C28H31N3O3S. The summed E-state index contributed by atoms with van der Waals surface area (Å²) in [5.74, 6) is 0.121. The number of piperazine rings is 1. The standard InChI is InChI=1S/C28H31N3O3S/c32-26(19-31-13-11-25-24(12-18-35-25)28(31)23-9-5-2-6-10-23)29-14-16-30(17-15-29)27(33)21-34-20-22-7-3-1-4-8-22/h1-10,12,18,28H,11,13-17,19-21H2/t28-/m1/s1. The molecule has 0 saturated carbocycles. The second kappa shape index (κ2) is 11.2. The molecule has 2 amide bonds. The number of ether oxygens (including phenoxy) is 1. The van der Waals surface area contributed by atoms with Crippen LogP contribution in [0.2, 0.25) is 0 Å². The van der Waals surface area contributed by atoms with Crippen LogP contribution in [0.4, 0.5) is 0 Å². The molecule has 7 heteroatoms. The van der Waals surface area contributed by atoms with E-state index >= 15 is 0 Å². The molecule has 3 aromatic rings. The minimum Gasteiger partial charge on any atom is -0.367 e. The van der Waals surface area contributed by atoms with Crippen molar-refractivity contribution < 1.29 is 14.3 Å². The highest BCUT2D eigenvalue weighted by Crippen LogP contribution is 2.37. The van der Waals surface area contributed by atoms with Crippen LogP contribution in [0.3, 0.4) is 0 Å². The minimum atomic E-state index is -0.0156. The predicted octanol–water partition coefficient (Wildman–Crippen LogP) is 3.58. The van der Waals surface area contributed by atoms with Crippen LogP contribution >= 0.6 is 11.3 Å². The highest BCUT2D eigenvalue weighted by molar-refractivity contribution is 7.10. The van der Waals surface area contributed by atoms with Crippen molar-refractivity contribution in [2.75, 3.05) is 45.9 Å². The molecular weight excluding hydrogens is 458 g/mol. The number of fused-ring (bicyclic) bond motifs is 1. The fourth-order valence-electron chi connectivity index (χ4n) is 4.97. The summed E-state index contributed by atoms with van der Waals surface area (Å²) in [4.78, 5) is 33.3. The minimum absolute atomic E-state index is 0.0156. The average Bonchev–Trinajstić information content (AvgIpc) is 3.38. The van der Waals surface area contributed by atoms with Crippen LogP contribution in [0.5, 0.6) is 0 Å². The van der Waals surface area contributed by atoms with E-state index in [-0.39, 0.29) is 24.5 Å². The number of thiophene rings is 1. The van der Waals surface area contributed by atoms with E-state index in [1.54, 1.807) is 4.90 Å². The molecule has 1 saturated heterocycles. The Balaban J connectivity index is 1.14. The Bertz CT molecular complexity index is 1130. The molecule has 6 nitrogen and oxygen atoms in total. The van der Waals surface area contributed by atoms with Gasteiger partial charge in [0.25, 0.3) is 0 Å². The SMILES string of the molecule is O=C(COCc1ccccc1)N1CCN(C(=O)CN2CCc3sccc3[C@H]2c2ccccc2)CC1. The molecule has 35 heavy (non-hydrogen) atoms. The number of hydrogen-bond donors (Lipinski definition) is 0. The van der Waals surface area contributed by atoms with Crippen molar-refractivity contribution in [2.24, 2.45) is 0 Å². The van der Waals surface area contributed by atoms with E-state index in [0.29, 0.717) is 39.3 Å². The molecule has 0 unspecified atom stereocenters. The Labute approximate surface area is 210 Å². The maximum atomic E-state index is 13.3. The summed E-state index contributed by atoms with van der Waals surface area (Å²) in [7, 11) is 0. The van der Waals surface area contributed by atoms with Gasteiger partial charge in [0.15, 0.2) is 0 Å². The zero-order valence-corrected chi connectivity index (χ0v) is 20.7. The van der Waals surface area contributed by atoms with E-state index in [0.717, 1.165) is 18.5 Å². The van der Waals surface area contributed by atoms with Gasteiger partial charge in [-0.2, -0.15) is 0 Å². The summed E-state index contributed by atoms with van der Waals surface area (Å²) in [5.41, 5.74) is 3.61. The van der Waals surface area contributed by atoms with Crippen LogP contribution in [0.15, 0.2) is 72.1 Å². The van der Waals surface area contributed by atoms with Crippen molar-refractivity contribution in [2.45, 2.75) is 19.1 Å². The number of rotatable bonds is 7. The predicted molar refractivity (Wildman–Crippen MR) is 137 cm³/mol. The van der Waals surface area contributed by atoms with Crippen molar-refractivity contribution in [3.63, 3.8) is 0 Å². The number of carbonyl (C=O) groups excluding carboxylic acids is 2. The first-order valence-electron chi connectivity index (χ1n) is 12.2. The Morgan fingerprint density at radius 2 is 1.49 bits per heavy atom. The summed E-state index contributed by atoms with van der Waals surface area (Å²) >= 11 is 1.81. The normalized spacial score (nSPS) is 18.3. The van der Waals surface area contributed by atoms with Gasteiger partial charge in [-0.15, -0.1) is 11.3 Å². The Morgan fingerprint density at radius 1 is 0.829 bits per heavy atom. The van der Waals surface area contributed by atoms with Crippen molar-refractivity contribution in [1.82, 2.24) is 14.7 Å². The zero-order valence-electron chi connectivity index (χ0n) is 19.8. The number of carbonyl (C=O) groups is 2. The van der Waals surface area contributed by atoms with Gasteiger partial charge in [0.1, 0.15) is 6.61 Å². The largest absolute Gasteiger partial charge is 0.367 e. The first-order chi connectivity index (χ1) is 17.2. The summed E-state index contributed by atoms with van der Waals surface area (Å²) in [5, 5.41) is 2.16. The zero-order chi connectivity index (χ0) is 24.0. The molecule has 0 radical (unpaired) electrons. The number of benzene rings is 2. The van der Waals surface area contributed by atoms with Gasteiger partial charge in [-0.1, -0.05) is 60.7 Å².